The minimum atomic E-state index is -0.988. The second-order valence-corrected chi connectivity index (χ2v) is 6.52. The molecule has 1 amide bonds. The highest BCUT2D eigenvalue weighted by Gasteiger charge is 2.35. The lowest BCUT2D eigenvalue weighted by atomic mass is 10.2. The Morgan fingerprint density at radius 1 is 1.25 bits per heavy atom. The van der Waals surface area contributed by atoms with Gasteiger partial charge in [-0.15, -0.1) is 0 Å². The van der Waals surface area contributed by atoms with Crippen molar-refractivity contribution in [3.05, 3.63) is 35.6 Å². The van der Waals surface area contributed by atoms with Crippen LogP contribution in [0.1, 0.15) is 46.1 Å². The molecule has 0 saturated carbocycles. The third kappa shape index (κ3) is 6.66. The van der Waals surface area contributed by atoms with Crippen LogP contribution in [0.25, 0.3) is 0 Å². The van der Waals surface area contributed by atoms with E-state index in [2.05, 4.69) is 33.0 Å². The van der Waals surface area contributed by atoms with Crippen LogP contribution in [-0.2, 0) is 16.1 Å². The minimum Gasteiger partial charge on any atom is -0.480 e. The van der Waals surface area contributed by atoms with E-state index in [4.69, 9.17) is 5.11 Å². The van der Waals surface area contributed by atoms with Gasteiger partial charge in [0, 0.05) is 25.0 Å². The molecule has 1 aliphatic heterocycles. The Labute approximate surface area is 142 Å². The van der Waals surface area contributed by atoms with Crippen LogP contribution in [0.3, 0.4) is 0 Å². The van der Waals surface area contributed by atoms with Crippen LogP contribution in [0.2, 0.25) is 0 Å². The van der Waals surface area contributed by atoms with Crippen molar-refractivity contribution in [2.75, 3.05) is 0 Å². The molecule has 1 heterocycles. The van der Waals surface area contributed by atoms with Crippen molar-refractivity contribution in [1.29, 1.82) is 0 Å². The quantitative estimate of drug-likeness (QED) is 0.866. The third-order valence-corrected chi connectivity index (χ3v) is 3.55. The summed E-state index contributed by atoms with van der Waals surface area (Å²) in [6.07, 6.45) is 0.605. The first-order chi connectivity index (χ1) is 11.2. The van der Waals surface area contributed by atoms with E-state index in [1.165, 1.54) is 17.0 Å². The molecule has 1 saturated heterocycles. The van der Waals surface area contributed by atoms with Crippen molar-refractivity contribution in [3.8, 4) is 0 Å². The van der Waals surface area contributed by atoms with Crippen LogP contribution in [0.4, 0.5) is 4.39 Å². The summed E-state index contributed by atoms with van der Waals surface area (Å²) >= 11 is 0. The Morgan fingerprint density at radius 3 is 2.21 bits per heavy atom. The van der Waals surface area contributed by atoms with Gasteiger partial charge in [-0.1, -0.05) is 39.8 Å². The second-order valence-electron chi connectivity index (χ2n) is 6.52. The summed E-state index contributed by atoms with van der Waals surface area (Å²) in [5, 5.41) is 12.3. The van der Waals surface area contributed by atoms with Crippen molar-refractivity contribution in [2.45, 2.75) is 65.2 Å². The molecule has 2 N–H and O–H groups in total. The van der Waals surface area contributed by atoms with Crippen LogP contribution in [0.5, 0.6) is 0 Å². The van der Waals surface area contributed by atoms with E-state index in [1.807, 2.05) is 0 Å². The van der Waals surface area contributed by atoms with Crippen molar-refractivity contribution in [1.82, 2.24) is 10.2 Å². The summed E-state index contributed by atoms with van der Waals surface area (Å²) in [5.41, 5.74) is 0.730. The number of carbonyl (C=O) groups excluding carboxylic acids is 1. The predicted molar refractivity (Wildman–Crippen MR) is 91.0 cm³/mol. The summed E-state index contributed by atoms with van der Waals surface area (Å²) in [4.78, 5) is 23.8. The highest BCUT2D eigenvalue weighted by Crippen LogP contribution is 2.21. The smallest absolute Gasteiger partial charge is 0.326 e. The number of likely N-dealkylation sites (tertiary alicyclic amines) is 1. The molecule has 0 spiro atoms. The third-order valence-electron chi connectivity index (χ3n) is 3.55. The van der Waals surface area contributed by atoms with Gasteiger partial charge in [0.2, 0.25) is 5.91 Å². The summed E-state index contributed by atoms with van der Waals surface area (Å²) in [6.45, 7) is 8.83. The Bertz CT molecular complexity index is 538. The molecule has 1 aromatic rings. The average molecular weight is 338 g/mol. The van der Waals surface area contributed by atoms with Gasteiger partial charge in [0.05, 0.1) is 0 Å². The highest BCUT2D eigenvalue weighted by molar-refractivity contribution is 5.87. The highest BCUT2D eigenvalue weighted by atomic mass is 19.1. The number of nitrogens with zero attached hydrogens (tertiary/aromatic N) is 1. The number of aliphatic carboxylic acids is 1. The van der Waals surface area contributed by atoms with Crippen molar-refractivity contribution in [2.24, 2.45) is 0 Å². The van der Waals surface area contributed by atoms with Gasteiger partial charge in [-0.25, -0.2) is 9.18 Å². The summed E-state index contributed by atoms with van der Waals surface area (Å²) in [5.74, 6) is -1.50. The maximum Gasteiger partial charge on any atom is 0.326 e. The maximum atomic E-state index is 12.7. The lowest BCUT2D eigenvalue weighted by Crippen LogP contribution is -2.37. The van der Waals surface area contributed by atoms with Crippen molar-refractivity contribution >= 4 is 11.9 Å². The Kier molecular flexibility index (Phi) is 7.85. The summed E-state index contributed by atoms with van der Waals surface area (Å²) in [6, 6.07) is 6.20. The molecule has 0 aromatic heterocycles. The van der Waals surface area contributed by atoms with Gasteiger partial charge in [0.15, 0.2) is 0 Å². The molecule has 0 radical (unpaired) electrons. The molecule has 2 rings (SSSR count). The number of benzene rings is 1. The van der Waals surface area contributed by atoms with Gasteiger partial charge in [0.25, 0.3) is 0 Å². The number of nitrogens with one attached hydrogen (secondary N) is 1. The number of rotatable bonds is 5. The molecule has 1 atom stereocenters. The zero-order chi connectivity index (χ0) is 18.3. The summed E-state index contributed by atoms with van der Waals surface area (Å²) in [7, 11) is 0. The van der Waals surface area contributed by atoms with E-state index in [1.54, 1.807) is 12.1 Å². The van der Waals surface area contributed by atoms with Crippen molar-refractivity contribution < 1.29 is 19.1 Å². The molecule has 1 fully saturated rings. The standard InChI is InChI=1S/C12H12FNO3.C6H15N/c13-9-3-1-8(2-4-9)7-14-10(12(16)17)5-6-11(14)15;1-5(2)7-6(3)4/h1-4,10H,5-7H2,(H,16,17);5-7H,1-4H3/t10-;/m0./s1. The zero-order valence-electron chi connectivity index (χ0n) is 14.8. The lowest BCUT2D eigenvalue weighted by molar-refractivity contribution is -0.146. The molecule has 0 aliphatic carbocycles. The van der Waals surface area contributed by atoms with Crippen LogP contribution < -0.4 is 5.32 Å². The zero-order valence-corrected chi connectivity index (χ0v) is 14.8. The predicted octanol–water partition coefficient (Wildman–Crippen LogP) is 2.79. The number of hydrogen-bond donors (Lipinski definition) is 2. The normalized spacial score (nSPS) is 17.2. The number of amides is 1. The Balaban J connectivity index is 0.000000351. The Morgan fingerprint density at radius 2 is 1.79 bits per heavy atom. The van der Waals surface area contributed by atoms with Gasteiger partial charge in [-0.05, 0) is 24.1 Å². The molecule has 0 bridgehead atoms. The number of carbonyl (C=O) groups is 2. The molecule has 24 heavy (non-hydrogen) atoms. The SMILES string of the molecule is CC(C)NC(C)C.O=C(O)[C@@H]1CCC(=O)N1Cc1ccc(F)cc1. The molecular weight excluding hydrogens is 311 g/mol. The van der Waals surface area contributed by atoms with Gasteiger partial charge < -0.3 is 15.3 Å². The number of halogens is 1. The van der Waals surface area contributed by atoms with Gasteiger partial charge in [-0.3, -0.25) is 4.79 Å². The van der Waals surface area contributed by atoms with Crippen molar-refractivity contribution in [3.63, 3.8) is 0 Å². The fourth-order valence-corrected chi connectivity index (χ4v) is 2.64. The lowest BCUT2D eigenvalue weighted by Gasteiger charge is -2.21. The molecular formula is C18H27FN2O3. The van der Waals surface area contributed by atoms with Crippen LogP contribution >= 0.6 is 0 Å². The molecule has 1 aromatic carbocycles. The number of hydrogen-bond acceptors (Lipinski definition) is 3. The first-order valence-corrected chi connectivity index (χ1v) is 8.23. The Hall–Kier alpha value is -1.95. The first kappa shape index (κ1) is 20.1. The summed E-state index contributed by atoms with van der Waals surface area (Å²) < 4.78 is 12.7. The van der Waals surface area contributed by atoms with Gasteiger partial charge in [0.1, 0.15) is 11.9 Å². The molecule has 1 aliphatic rings. The van der Waals surface area contributed by atoms with Crippen LogP contribution in [0, 0.1) is 5.82 Å². The van der Waals surface area contributed by atoms with Gasteiger partial charge >= 0.3 is 5.97 Å². The van der Waals surface area contributed by atoms with E-state index >= 15 is 0 Å². The topological polar surface area (TPSA) is 69.6 Å². The molecule has 0 unspecified atom stereocenters. The van der Waals surface area contributed by atoms with E-state index in [9.17, 15) is 14.0 Å². The van der Waals surface area contributed by atoms with E-state index < -0.39 is 12.0 Å². The van der Waals surface area contributed by atoms with E-state index in [0.717, 1.165) is 5.56 Å². The molecule has 5 nitrogen and oxygen atoms in total. The fraction of sp³-hybridized carbons (Fsp3) is 0.556. The minimum absolute atomic E-state index is 0.165. The number of carboxylic acids is 1. The van der Waals surface area contributed by atoms with Gasteiger partial charge in [-0.2, -0.15) is 0 Å². The number of carboxylic acid groups (broad SMARTS) is 1. The molecule has 134 valence electrons. The first-order valence-electron chi connectivity index (χ1n) is 8.23. The van der Waals surface area contributed by atoms with E-state index in [-0.39, 0.29) is 24.7 Å². The van der Waals surface area contributed by atoms with Crippen LogP contribution in [-0.4, -0.2) is 40.0 Å². The monoisotopic (exact) mass is 338 g/mol. The van der Waals surface area contributed by atoms with Crippen LogP contribution in [0.15, 0.2) is 24.3 Å². The van der Waals surface area contributed by atoms with E-state index in [0.29, 0.717) is 18.5 Å². The second kappa shape index (κ2) is 9.37. The average Bonchev–Trinajstić information content (AvgIpc) is 2.82. The molecule has 6 heteroatoms. The fourth-order valence-electron chi connectivity index (χ4n) is 2.64. The maximum absolute atomic E-state index is 12.7. The largest absolute Gasteiger partial charge is 0.480 e.